The number of rotatable bonds is 3. The molecule has 1 N–H and O–H groups in total. The van der Waals surface area contributed by atoms with Crippen molar-refractivity contribution in [3.05, 3.63) is 89.5 Å². The van der Waals surface area contributed by atoms with Gasteiger partial charge in [0.15, 0.2) is 5.60 Å². The first-order valence-corrected chi connectivity index (χ1v) is 6.95. The highest BCUT2D eigenvalue weighted by molar-refractivity contribution is 5.43. The molecule has 1 aromatic heterocycles. The summed E-state index contributed by atoms with van der Waals surface area (Å²) in [5, 5.41) is 11.5. The van der Waals surface area contributed by atoms with Gasteiger partial charge in [-0.05, 0) is 18.1 Å². The van der Waals surface area contributed by atoms with Crippen molar-refractivity contribution in [3.8, 4) is 0 Å². The topological polar surface area (TPSA) is 38.1 Å². The molecule has 3 nitrogen and oxygen atoms in total. The molecule has 1 atom stereocenters. The lowest BCUT2D eigenvalue weighted by Crippen LogP contribution is -2.32. The summed E-state index contributed by atoms with van der Waals surface area (Å²) in [6.45, 7) is 2.03. The van der Waals surface area contributed by atoms with Gasteiger partial charge in [-0.25, -0.2) is 4.98 Å². The van der Waals surface area contributed by atoms with Crippen LogP contribution in [0.2, 0.25) is 0 Å². The van der Waals surface area contributed by atoms with Crippen LogP contribution < -0.4 is 0 Å². The van der Waals surface area contributed by atoms with Gasteiger partial charge >= 0.3 is 0 Å². The summed E-state index contributed by atoms with van der Waals surface area (Å²) >= 11 is 0. The van der Waals surface area contributed by atoms with E-state index >= 15 is 0 Å². The Morgan fingerprint density at radius 1 is 0.952 bits per heavy atom. The summed E-state index contributed by atoms with van der Waals surface area (Å²) in [6, 6.07) is 17.6. The highest BCUT2D eigenvalue weighted by Gasteiger charge is 2.37. The summed E-state index contributed by atoms with van der Waals surface area (Å²) in [7, 11) is 1.89. The third kappa shape index (κ3) is 2.26. The fourth-order valence-corrected chi connectivity index (χ4v) is 2.61. The van der Waals surface area contributed by atoms with Gasteiger partial charge in [0.2, 0.25) is 0 Å². The fraction of sp³-hybridized carbons (Fsp3) is 0.167. The van der Waals surface area contributed by atoms with Crippen LogP contribution >= 0.6 is 0 Å². The maximum atomic E-state index is 11.5. The van der Waals surface area contributed by atoms with Crippen LogP contribution in [0.5, 0.6) is 0 Å². The first-order valence-electron chi connectivity index (χ1n) is 6.95. The van der Waals surface area contributed by atoms with Gasteiger partial charge in [-0.3, -0.25) is 0 Å². The second-order valence-electron chi connectivity index (χ2n) is 5.30. The number of aromatic nitrogens is 2. The molecule has 3 aromatic rings. The average molecular weight is 278 g/mol. The molecular formula is C18H18N2O. The van der Waals surface area contributed by atoms with Crippen molar-refractivity contribution < 1.29 is 5.11 Å². The van der Waals surface area contributed by atoms with Crippen molar-refractivity contribution in [2.75, 3.05) is 0 Å². The Bertz CT molecular complexity index is 731. The second kappa shape index (κ2) is 5.19. The van der Waals surface area contributed by atoms with Gasteiger partial charge in [0.05, 0.1) is 0 Å². The molecule has 0 aliphatic carbocycles. The van der Waals surface area contributed by atoms with Crippen LogP contribution in [0.25, 0.3) is 0 Å². The van der Waals surface area contributed by atoms with Crippen molar-refractivity contribution >= 4 is 0 Å². The summed E-state index contributed by atoms with van der Waals surface area (Å²) in [6.07, 6.45) is 3.55. The molecule has 0 aliphatic heterocycles. The van der Waals surface area contributed by atoms with Gasteiger partial charge in [0.1, 0.15) is 5.82 Å². The number of hydrogen-bond donors (Lipinski definition) is 1. The predicted molar refractivity (Wildman–Crippen MR) is 82.9 cm³/mol. The highest BCUT2D eigenvalue weighted by atomic mass is 16.3. The molecule has 0 saturated heterocycles. The van der Waals surface area contributed by atoms with Crippen LogP contribution in [0.15, 0.2) is 67.0 Å². The van der Waals surface area contributed by atoms with Crippen molar-refractivity contribution in [2.24, 2.45) is 7.05 Å². The van der Waals surface area contributed by atoms with Gasteiger partial charge in [-0.15, -0.1) is 0 Å². The Kier molecular flexibility index (Phi) is 3.35. The van der Waals surface area contributed by atoms with Crippen LogP contribution in [0, 0.1) is 6.92 Å². The quantitative estimate of drug-likeness (QED) is 0.799. The smallest absolute Gasteiger partial charge is 0.173 e. The van der Waals surface area contributed by atoms with Crippen LogP contribution in [0.3, 0.4) is 0 Å². The summed E-state index contributed by atoms with van der Waals surface area (Å²) in [5.74, 6) is 0.609. The summed E-state index contributed by atoms with van der Waals surface area (Å²) < 4.78 is 1.85. The van der Waals surface area contributed by atoms with Gasteiger partial charge in [0, 0.05) is 19.4 Å². The molecule has 0 fully saturated rings. The Balaban J connectivity index is 2.25. The molecule has 0 radical (unpaired) electrons. The van der Waals surface area contributed by atoms with E-state index in [1.165, 1.54) is 0 Å². The summed E-state index contributed by atoms with van der Waals surface area (Å²) in [4.78, 5) is 4.38. The monoisotopic (exact) mass is 278 g/mol. The molecule has 0 aliphatic rings. The van der Waals surface area contributed by atoms with E-state index in [9.17, 15) is 5.11 Å². The van der Waals surface area contributed by atoms with Crippen molar-refractivity contribution in [1.82, 2.24) is 9.55 Å². The average Bonchev–Trinajstić information content (AvgIpc) is 2.95. The Morgan fingerprint density at radius 2 is 1.57 bits per heavy atom. The van der Waals surface area contributed by atoms with Gasteiger partial charge in [-0.2, -0.15) is 0 Å². The Hall–Kier alpha value is -2.39. The van der Waals surface area contributed by atoms with Crippen LogP contribution in [-0.2, 0) is 12.6 Å². The van der Waals surface area contributed by atoms with E-state index in [4.69, 9.17) is 0 Å². The third-order valence-corrected chi connectivity index (χ3v) is 3.81. The molecule has 106 valence electrons. The maximum absolute atomic E-state index is 11.5. The minimum atomic E-state index is -1.26. The zero-order chi connectivity index (χ0) is 14.9. The van der Waals surface area contributed by atoms with E-state index < -0.39 is 5.60 Å². The Labute approximate surface area is 124 Å². The maximum Gasteiger partial charge on any atom is 0.173 e. The van der Waals surface area contributed by atoms with Crippen molar-refractivity contribution in [2.45, 2.75) is 12.5 Å². The van der Waals surface area contributed by atoms with Crippen LogP contribution in [0.4, 0.5) is 0 Å². The lowest BCUT2D eigenvalue weighted by atomic mass is 9.85. The molecular weight excluding hydrogens is 260 g/mol. The SMILES string of the molecule is Cc1ccc([C@@](O)(c2ccccc2)c2nccn2C)cc1. The highest BCUT2D eigenvalue weighted by Crippen LogP contribution is 2.35. The van der Waals surface area contributed by atoms with Gasteiger partial charge in [0.25, 0.3) is 0 Å². The normalized spacial score (nSPS) is 13.9. The van der Waals surface area contributed by atoms with E-state index in [0.717, 1.165) is 16.7 Å². The predicted octanol–water partition coefficient (Wildman–Crippen LogP) is 3.01. The van der Waals surface area contributed by atoms with Gasteiger partial charge in [-0.1, -0.05) is 60.2 Å². The lowest BCUT2D eigenvalue weighted by Gasteiger charge is -2.29. The van der Waals surface area contributed by atoms with E-state index in [-0.39, 0.29) is 0 Å². The molecule has 2 aromatic carbocycles. The lowest BCUT2D eigenvalue weighted by molar-refractivity contribution is 0.112. The van der Waals surface area contributed by atoms with Crippen molar-refractivity contribution in [3.63, 3.8) is 0 Å². The molecule has 1 heterocycles. The number of aliphatic hydroxyl groups is 1. The first kappa shape index (κ1) is 13.6. The van der Waals surface area contributed by atoms with Crippen LogP contribution in [-0.4, -0.2) is 14.7 Å². The number of aryl methyl sites for hydroxylation is 2. The molecule has 0 bridgehead atoms. The number of imidazole rings is 1. The molecule has 0 spiro atoms. The zero-order valence-corrected chi connectivity index (χ0v) is 12.2. The van der Waals surface area contributed by atoms with Crippen molar-refractivity contribution in [1.29, 1.82) is 0 Å². The first-order chi connectivity index (χ1) is 10.1. The molecule has 0 saturated carbocycles. The number of hydrogen-bond acceptors (Lipinski definition) is 2. The van der Waals surface area contributed by atoms with Crippen LogP contribution in [0.1, 0.15) is 22.5 Å². The molecule has 3 rings (SSSR count). The molecule has 21 heavy (non-hydrogen) atoms. The van der Waals surface area contributed by atoms with Gasteiger partial charge < -0.3 is 9.67 Å². The third-order valence-electron chi connectivity index (χ3n) is 3.81. The second-order valence-corrected chi connectivity index (χ2v) is 5.30. The molecule has 0 amide bonds. The molecule has 0 unspecified atom stereocenters. The minimum Gasteiger partial charge on any atom is -0.373 e. The summed E-state index contributed by atoms with van der Waals surface area (Å²) in [5.41, 5.74) is 1.53. The van der Waals surface area contributed by atoms with E-state index in [1.54, 1.807) is 6.20 Å². The largest absolute Gasteiger partial charge is 0.373 e. The van der Waals surface area contributed by atoms with E-state index in [2.05, 4.69) is 4.98 Å². The van der Waals surface area contributed by atoms with E-state index in [0.29, 0.717) is 5.82 Å². The number of nitrogens with zero attached hydrogens (tertiary/aromatic N) is 2. The standard InChI is InChI=1S/C18H18N2O/c1-14-8-10-16(11-9-14)18(21,15-6-4-3-5-7-15)17-19-12-13-20(17)2/h3-13,21H,1-2H3/t18-/m0/s1. The van der Waals surface area contributed by atoms with E-state index in [1.807, 2.05) is 79.3 Å². The fourth-order valence-electron chi connectivity index (χ4n) is 2.61. The minimum absolute atomic E-state index is 0.609. The zero-order valence-electron chi connectivity index (χ0n) is 12.2. The Morgan fingerprint density at radius 3 is 2.14 bits per heavy atom. The molecule has 3 heteroatoms. The number of benzene rings is 2.